The summed E-state index contributed by atoms with van der Waals surface area (Å²) in [5.74, 6) is 2.15. The minimum absolute atomic E-state index is 0. The van der Waals surface area contributed by atoms with Crippen LogP contribution in [0.4, 0.5) is 0 Å². The van der Waals surface area contributed by atoms with E-state index in [-0.39, 0.29) is 24.2 Å². The number of rotatable bonds is 4. The molecule has 1 amide bonds. The molecule has 6 heteroatoms. The number of carbonyl (C=O) groups excluding carboxylic acids is 1. The standard InChI is InChI=1S/C18H25BrN2O2.ClH/c1-23-15-5-6-16(19)14(9-15)10-21-18(22)13-7-11-3-2-4-12(8-13)17(11)20;/h5-6,9,11-13,17H,2-4,7-8,10,20H2,1H3,(H,21,22);1H. The van der Waals surface area contributed by atoms with E-state index in [1.54, 1.807) is 7.11 Å². The van der Waals surface area contributed by atoms with Crippen molar-refractivity contribution < 1.29 is 9.53 Å². The lowest BCUT2D eigenvalue weighted by Gasteiger charge is -2.43. The zero-order valence-electron chi connectivity index (χ0n) is 14.0. The molecule has 0 radical (unpaired) electrons. The van der Waals surface area contributed by atoms with Crippen molar-refractivity contribution in [1.29, 1.82) is 0 Å². The highest BCUT2D eigenvalue weighted by Gasteiger charge is 2.40. The molecule has 2 atom stereocenters. The summed E-state index contributed by atoms with van der Waals surface area (Å²) < 4.78 is 6.23. The summed E-state index contributed by atoms with van der Waals surface area (Å²) in [6, 6.07) is 6.11. The van der Waals surface area contributed by atoms with Crippen molar-refractivity contribution in [2.75, 3.05) is 7.11 Å². The van der Waals surface area contributed by atoms with Gasteiger partial charge in [-0.15, -0.1) is 12.4 Å². The summed E-state index contributed by atoms with van der Waals surface area (Å²) in [5, 5.41) is 3.10. The van der Waals surface area contributed by atoms with Gasteiger partial charge in [0.25, 0.3) is 0 Å². The number of benzene rings is 1. The predicted octanol–water partition coefficient (Wildman–Crippen LogP) is 3.65. The summed E-state index contributed by atoms with van der Waals surface area (Å²) in [6.45, 7) is 0.522. The Morgan fingerprint density at radius 2 is 2.00 bits per heavy atom. The quantitative estimate of drug-likeness (QED) is 0.786. The molecular formula is C18H26BrClN2O2. The number of amides is 1. The predicted molar refractivity (Wildman–Crippen MR) is 101 cm³/mol. The number of hydrogen-bond donors (Lipinski definition) is 2. The highest BCUT2D eigenvalue weighted by Crippen LogP contribution is 2.41. The molecule has 0 spiro atoms. The Kier molecular flexibility index (Phi) is 6.96. The van der Waals surface area contributed by atoms with Crippen LogP contribution in [0.5, 0.6) is 5.75 Å². The lowest BCUT2D eigenvalue weighted by molar-refractivity contribution is -0.128. The fraction of sp³-hybridized carbons (Fsp3) is 0.611. The Labute approximate surface area is 158 Å². The molecule has 0 saturated heterocycles. The van der Waals surface area contributed by atoms with E-state index in [9.17, 15) is 4.79 Å². The first kappa shape index (κ1) is 19.5. The molecule has 24 heavy (non-hydrogen) atoms. The Morgan fingerprint density at radius 1 is 1.33 bits per heavy atom. The Bertz CT molecular complexity index is 570. The van der Waals surface area contributed by atoms with E-state index in [0.29, 0.717) is 24.4 Å². The van der Waals surface area contributed by atoms with Gasteiger partial charge in [0.1, 0.15) is 5.75 Å². The second kappa shape index (κ2) is 8.54. The Morgan fingerprint density at radius 3 is 2.62 bits per heavy atom. The van der Waals surface area contributed by atoms with Crippen LogP contribution in [0.25, 0.3) is 0 Å². The molecule has 4 nitrogen and oxygen atoms in total. The van der Waals surface area contributed by atoms with E-state index in [1.165, 1.54) is 19.3 Å². The number of carbonyl (C=O) groups is 1. The van der Waals surface area contributed by atoms with E-state index in [4.69, 9.17) is 10.5 Å². The molecule has 3 rings (SSSR count). The molecule has 0 aromatic heterocycles. The van der Waals surface area contributed by atoms with Crippen molar-refractivity contribution in [2.24, 2.45) is 23.5 Å². The van der Waals surface area contributed by atoms with E-state index >= 15 is 0 Å². The van der Waals surface area contributed by atoms with Crippen LogP contribution < -0.4 is 15.8 Å². The monoisotopic (exact) mass is 416 g/mol. The first-order valence-electron chi connectivity index (χ1n) is 8.44. The SMILES string of the molecule is COc1ccc(Br)c(CNC(=O)C2CC3CCCC(C2)C3N)c1.Cl. The first-order chi connectivity index (χ1) is 11.1. The van der Waals surface area contributed by atoms with Gasteiger partial charge in [-0.05, 0) is 61.3 Å². The molecular weight excluding hydrogens is 392 g/mol. The fourth-order valence-electron chi connectivity index (χ4n) is 4.14. The maximum Gasteiger partial charge on any atom is 0.223 e. The average Bonchev–Trinajstić information content (AvgIpc) is 2.53. The fourth-order valence-corrected chi connectivity index (χ4v) is 4.53. The molecule has 0 heterocycles. The molecule has 1 aromatic carbocycles. The molecule has 2 fully saturated rings. The van der Waals surface area contributed by atoms with Gasteiger partial charge in [-0.2, -0.15) is 0 Å². The lowest BCUT2D eigenvalue weighted by Crippen LogP contribution is -2.49. The molecule has 134 valence electrons. The smallest absolute Gasteiger partial charge is 0.223 e. The third-order valence-corrected chi connectivity index (χ3v) is 6.26. The van der Waals surface area contributed by atoms with Crippen LogP contribution in [0.1, 0.15) is 37.7 Å². The lowest BCUT2D eigenvalue weighted by atomic mass is 9.65. The molecule has 2 unspecified atom stereocenters. The van der Waals surface area contributed by atoms with Crippen molar-refractivity contribution in [3.8, 4) is 5.75 Å². The van der Waals surface area contributed by atoms with Gasteiger partial charge in [-0.1, -0.05) is 22.4 Å². The van der Waals surface area contributed by atoms with Crippen molar-refractivity contribution in [3.05, 3.63) is 28.2 Å². The molecule has 2 bridgehead atoms. The van der Waals surface area contributed by atoms with Gasteiger partial charge in [0.05, 0.1) is 7.11 Å². The number of ether oxygens (including phenoxy) is 1. The second-order valence-corrected chi connectivity index (χ2v) is 7.73. The van der Waals surface area contributed by atoms with E-state index < -0.39 is 0 Å². The molecule has 2 aliphatic rings. The van der Waals surface area contributed by atoms with Gasteiger partial charge in [0.2, 0.25) is 5.91 Å². The number of fused-ring (bicyclic) bond motifs is 2. The van der Waals surface area contributed by atoms with Crippen molar-refractivity contribution in [3.63, 3.8) is 0 Å². The summed E-state index contributed by atoms with van der Waals surface area (Å²) in [5.41, 5.74) is 7.34. The summed E-state index contributed by atoms with van der Waals surface area (Å²) in [4.78, 5) is 12.6. The molecule has 0 aliphatic heterocycles. The molecule has 1 aromatic rings. The van der Waals surface area contributed by atoms with Gasteiger partial charge >= 0.3 is 0 Å². The van der Waals surface area contributed by atoms with Crippen LogP contribution in [0.2, 0.25) is 0 Å². The summed E-state index contributed by atoms with van der Waals surface area (Å²) in [6.07, 6.45) is 5.53. The van der Waals surface area contributed by atoms with E-state index in [1.807, 2.05) is 18.2 Å². The summed E-state index contributed by atoms with van der Waals surface area (Å²) >= 11 is 3.53. The van der Waals surface area contributed by atoms with Crippen molar-refractivity contribution >= 4 is 34.2 Å². The number of halogens is 2. The zero-order chi connectivity index (χ0) is 16.4. The van der Waals surface area contributed by atoms with Crippen LogP contribution in [0.3, 0.4) is 0 Å². The normalized spacial score (nSPS) is 28.6. The number of nitrogens with two attached hydrogens (primary N) is 1. The zero-order valence-corrected chi connectivity index (χ0v) is 16.4. The Hall–Kier alpha value is -0.780. The highest BCUT2D eigenvalue weighted by molar-refractivity contribution is 9.10. The number of nitrogens with one attached hydrogen (secondary N) is 1. The Balaban J connectivity index is 0.00000208. The van der Waals surface area contributed by atoms with Crippen molar-refractivity contribution in [2.45, 2.75) is 44.7 Å². The third kappa shape index (κ3) is 4.24. The number of hydrogen-bond acceptors (Lipinski definition) is 3. The first-order valence-corrected chi connectivity index (χ1v) is 9.23. The van der Waals surface area contributed by atoms with Gasteiger partial charge in [0.15, 0.2) is 0 Å². The molecule has 2 aliphatic carbocycles. The van der Waals surface area contributed by atoms with Gasteiger partial charge < -0.3 is 15.8 Å². The van der Waals surface area contributed by atoms with Crippen LogP contribution in [-0.4, -0.2) is 19.1 Å². The van der Waals surface area contributed by atoms with Gasteiger partial charge in [0, 0.05) is 23.0 Å². The van der Waals surface area contributed by atoms with Crippen LogP contribution in [0, 0.1) is 17.8 Å². The minimum Gasteiger partial charge on any atom is -0.497 e. The third-order valence-electron chi connectivity index (χ3n) is 5.49. The largest absolute Gasteiger partial charge is 0.497 e. The van der Waals surface area contributed by atoms with Gasteiger partial charge in [-0.3, -0.25) is 4.79 Å². The summed E-state index contributed by atoms with van der Waals surface area (Å²) in [7, 11) is 1.65. The van der Waals surface area contributed by atoms with Crippen LogP contribution in [-0.2, 0) is 11.3 Å². The van der Waals surface area contributed by atoms with Crippen LogP contribution >= 0.6 is 28.3 Å². The van der Waals surface area contributed by atoms with Gasteiger partial charge in [-0.25, -0.2) is 0 Å². The highest BCUT2D eigenvalue weighted by atomic mass is 79.9. The van der Waals surface area contributed by atoms with Crippen molar-refractivity contribution in [1.82, 2.24) is 5.32 Å². The molecule has 2 saturated carbocycles. The average molecular weight is 418 g/mol. The maximum absolute atomic E-state index is 12.6. The number of methoxy groups -OCH3 is 1. The topological polar surface area (TPSA) is 64.3 Å². The van der Waals surface area contributed by atoms with Crippen LogP contribution in [0.15, 0.2) is 22.7 Å². The maximum atomic E-state index is 12.6. The minimum atomic E-state index is 0. The second-order valence-electron chi connectivity index (χ2n) is 6.87. The molecule has 3 N–H and O–H groups in total. The van der Waals surface area contributed by atoms with E-state index in [2.05, 4.69) is 21.2 Å². The van der Waals surface area contributed by atoms with E-state index in [0.717, 1.165) is 28.6 Å².